The van der Waals surface area contributed by atoms with Crippen LogP contribution in [-0.4, -0.2) is 51.7 Å². The van der Waals surface area contributed by atoms with E-state index in [1.807, 2.05) is 0 Å². The van der Waals surface area contributed by atoms with E-state index in [1.165, 1.54) is 6.42 Å². The van der Waals surface area contributed by atoms with Crippen molar-refractivity contribution in [2.75, 3.05) is 0 Å². The Morgan fingerprint density at radius 2 is 1.95 bits per heavy atom. The molecule has 5 N–H and O–H groups in total. The largest absolute Gasteiger partial charge is 0.388 e. The van der Waals surface area contributed by atoms with Gasteiger partial charge in [0.05, 0.1) is 12.2 Å². The van der Waals surface area contributed by atoms with Gasteiger partial charge >= 0.3 is 0 Å². The Balaban J connectivity index is 1.98. The number of nitrogens with two attached hydrogens (primary N) is 1. The summed E-state index contributed by atoms with van der Waals surface area (Å²) in [6.45, 7) is 1.60. The fourth-order valence-corrected chi connectivity index (χ4v) is 2.39. The molecule has 6 heteroatoms. The molecule has 109 valence electrons. The third-order valence-electron chi connectivity index (χ3n) is 3.94. The predicted molar refractivity (Wildman–Crippen MR) is 66.7 cm³/mol. The number of aliphatic hydroxyl groups excluding tert-OH is 3. The summed E-state index contributed by atoms with van der Waals surface area (Å²) in [5, 5.41) is 29.6. The fraction of sp³-hybridized carbons (Fsp3) is 0.846. The molecule has 0 bridgehead atoms. The lowest BCUT2D eigenvalue weighted by Crippen LogP contribution is -2.58. The van der Waals surface area contributed by atoms with Gasteiger partial charge in [-0.2, -0.15) is 0 Å². The van der Waals surface area contributed by atoms with Gasteiger partial charge < -0.3 is 25.8 Å². The summed E-state index contributed by atoms with van der Waals surface area (Å²) in [6, 6.07) is 0. The van der Waals surface area contributed by atoms with Gasteiger partial charge in [0.2, 0.25) is 5.91 Å². The molecule has 0 aromatic heterocycles. The summed E-state index contributed by atoms with van der Waals surface area (Å²) in [5.41, 5.74) is 5.17. The average molecular weight is 272 g/mol. The molecule has 1 aliphatic carbocycles. The Morgan fingerprint density at radius 3 is 2.47 bits per heavy atom. The normalized spacial score (nSPS) is 40.9. The van der Waals surface area contributed by atoms with Crippen molar-refractivity contribution in [3.05, 3.63) is 6.42 Å². The average Bonchev–Trinajstić information content (AvgIpc) is 3.16. The van der Waals surface area contributed by atoms with Crippen molar-refractivity contribution in [2.45, 2.75) is 56.7 Å². The zero-order valence-corrected chi connectivity index (χ0v) is 11.0. The summed E-state index contributed by atoms with van der Waals surface area (Å²) < 4.78 is 5.63. The van der Waals surface area contributed by atoms with Crippen molar-refractivity contribution >= 4 is 5.91 Å². The number of primary amides is 1. The van der Waals surface area contributed by atoms with Crippen molar-refractivity contribution in [3.8, 4) is 0 Å². The van der Waals surface area contributed by atoms with E-state index in [1.54, 1.807) is 6.92 Å². The lowest BCUT2D eigenvalue weighted by atomic mass is 9.88. The number of carbonyl (C=O) groups excluding carboxylic acids is 1. The van der Waals surface area contributed by atoms with Crippen LogP contribution in [0.1, 0.15) is 26.2 Å². The zero-order chi connectivity index (χ0) is 14.2. The number of carbonyl (C=O) groups is 1. The van der Waals surface area contributed by atoms with Crippen molar-refractivity contribution in [3.63, 3.8) is 0 Å². The first-order valence-corrected chi connectivity index (χ1v) is 6.74. The summed E-state index contributed by atoms with van der Waals surface area (Å²) in [7, 11) is 0. The maximum Gasteiger partial charge on any atom is 0.220 e. The summed E-state index contributed by atoms with van der Waals surface area (Å²) in [6.07, 6.45) is -0.524. The predicted octanol–water partition coefficient (Wildman–Crippen LogP) is -1.04. The molecule has 6 unspecified atom stereocenters. The first-order chi connectivity index (χ1) is 8.90. The minimum Gasteiger partial charge on any atom is -0.388 e. The topological polar surface area (TPSA) is 113 Å². The summed E-state index contributed by atoms with van der Waals surface area (Å²) >= 11 is 0. The van der Waals surface area contributed by atoms with Crippen molar-refractivity contribution in [2.24, 2.45) is 17.6 Å². The van der Waals surface area contributed by atoms with E-state index in [4.69, 9.17) is 10.5 Å². The van der Waals surface area contributed by atoms with Crippen LogP contribution in [0.2, 0.25) is 0 Å². The van der Waals surface area contributed by atoms with Crippen LogP contribution in [0.15, 0.2) is 0 Å². The Labute approximate surface area is 112 Å². The van der Waals surface area contributed by atoms with Gasteiger partial charge in [-0.1, -0.05) is 19.8 Å². The van der Waals surface area contributed by atoms with Gasteiger partial charge in [-0.05, 0) is 12.3 Å². The molecule has 2 rings (SSSR count). The highest BCUT2D eigenvalue weighted by Crippen LogP contribution is 2.37. The van der Waals surface area contributed by atoms with E-state index in [2.05, 4.69) is 0 Å². The minimum absolute atomic E-state index is 0.507. The molecule has 1 amide bonds. The van der Waals surface area contributed by atoms with Gasteiger partial charge in [0.25, 0.3) is 0 Å². The molecule has 1 heterocycles. The zero-order valence-electron chi connectivity index (χ0n) is 11.0. The monoisotopic (exact) mass is 272 g/mol. The Kier molecular flexibility index (Phi) is 4.45. The fourth-order valence-electron chi connectivity index (χ4n) is 2.39. The van der Waals surface area contributed by atoms with E-state index in [0.717, 1.165) is 12.8 Å². The van der Waals surface area contributed by atoms with E-state index < -0.39 is 42.3 Å². The molecule has 0 aromatic carbocycles. The molecule has 1 radical (unpaired) electrons. The quantitative estimate of drug-likeness (QED) is 0.511. The first-order valence-electron chi connectivity index (χ1n) is 6.74. The SMILES string of the molecule is CC([CH]C1OC(CC2CC2)C(O)C(O)C1O)C(N)=O. The highest BCUT2D eigenvalue weighted by atomic mass is 16.5. The van der Waals surface area contributed by atoms with Crippen molar-refractivity contribution in [1.82, 2.24) is 0 Å². The maximum absolute atomic E-state index is 11.0. The highest BCUT2D eigenvalue weighted by molar-refractivity contribution is 5.77. The molecule has 2 aliphatic rings. The van der Waals surface area contributed by atoms with E-state index in [0.29, 0.717) is 12.3 Å². The third kappa shape index (κ3) is 3.45. The molecule has 0 aromatic rings. The van der Waals surface area contributed by atoms with Gasteiger partial charge in [0.1, 0.15) is 18.3 Å². The maximum atomic E-state index is 11.0. The number of rotatable bonds is 5. The Hall–Kier alpha value is -0.690. The van der Waals surface area contributed by atoms with Crippen LogP contribution in [0.3, 0.4) is 0 Å². The molecule has 1 saturated heterocycles. The van der Waals surface area contributed by atoms with Crippen LogP contribution in [0.25, 0.3) is 0 Å². The lowest BCUT2D eigenvalue weighted by Gasteiger charge is -2.41. The lowest BCUT2D eigenvalue weighted by molar-refractivity contribution is -0.216. The molecular weight excluding hydrogens is 250 g/mol. The number of ether oxygens (including phenoxy) is 1. The summed E-state index contributed by atoms with van der Waals surface area (Å²) in [5.74, 6) is -0.560. The van der Waals surface area contributed by atoms with Crippen molar-refractivity contribution < 1.29 is 24.9 Å². The molecule has 19 heavy (non-hydrogen) atoms. The molecule has 0 spiro atoms. The van der Waals surface area contributed by atoms with Crippen LogP contribution in [0, 0.1) is 18.3 Å². The van der Waals surface area contributed by atoms with Gasteiger partial charge in [0, 0.05) is 12.3 Å². The van der Waals surface area contributed by atoms with Gasteiger partial charge in [-0.3, -0.25) is 4.79 Å². The minimum atomic E-state index is -1.26. The van der Waals surface area contributed by atoms with Crippen molar-refractivity contribution in [1.29, 1.82) is 0 Å². The molecule has 6 atom stereocenters. The third-order valence-corrected chi connectivity index (χ3v) is 3.94. The smallest absolute Gasteiger partial charge is 0.220 e. The second kappa shape index (κ2) is 5.75. The van der Waals surface area contributed by atoms with Crippen LogP contribution < -0.4 is 5.73 Å². The Bertz CT molecular complexity index is 333. The molecule has 2 fully saturated rings. The number of hydrogen-bond donors (Lipinski definition) is 4. The number of aliphatic hydroxyl groups is 3. The molecule has 1 saturated carbocycles. The number of hydrogen-bond acceptors (Lipinski definition) is 5. The summed E-state index contributed by atoms with van der Waals surface area (Å²) in [4.78, 5) is 11.0. The van der Waals surface area contributed by atoms with Gasteiger partial charge in [-0.15, -0.1) is 0 Å². The van der Waals surface area contributed by atoms with Gasteiger partial charge in [-0.25, -0.2) is 0 Å². The van der Waals surface area contributed by atoms with E-state index in [-0.39, 0.29) is 0 Å². The highest BCUT2D eigenvalue weighted by Gasteiger charge is 2.45. The second-order valence-corrected chi connectivity index (χ2v) is 5.67. The van der Waals surface area contributed by atoms with Crippen LogP contribution in [0.4, 0.5) is 0 Å². The van der Waals surface area contributed by atoms with Crippen LogP contribution in [-0.2, 0) is 9.53 Å². The molecule has 6 nitrogen and oxygen atoms in total. The first kappa shape index (κ1) is 14.7. The molecular formula is C13H22NO5. The Morgan fingerprint density at radius 1 is 1.32 bits per heavy atom. The van der Waals surface area contributed by atoms with Crippen LogP contribution >= 0.6 is 0 Å². The second-order valence-electron chi connectivity index (χ2n) is 5.67. The standard InChI is InChI=1S/C13H22NO5/c1-6(13(14)18)4-8-10(15)12(17)11(16)9(19-8)5-7-2-3-7/h4,6-12,15-17H,2-3,5H2,1H3,(H2,14,18). The van der Waals surface area contributed by atoms with Gasteiger partial charge in [0.15, 0.2) is 0 Å². The van der Waals surface area contributed by atoms with E-state index in [9.17, 15) is 20.1 Å². The van der Waals surface area contributed by atoms with E-state index >= 15 is 0 Å². The van der Waals surface area contributed by atoms with Crippen LogP contribution in [0.5, 0.6) is 0 Å². The molecule has 1 aliphatic heterocycles. The number of amides is 1.